The fraction of sp³-hybridized carbons (Fsp3) is 0.0625. The number of pyridine rings is 1. The van der Waals surface area contributed by atoms with Crippen LogP contribution in [0.15, 0.2) is 54.6 Å². The van der Waals surface area contributed by atoms with E-state index in [1.165, 1.54) is 6.07 Å². The Labute approximate surface area is 118 Å². The molecule has 0 aliphatic rings. The zero-order chi connectivity index (χ0) is 14.1. The van der Waals surface area contributed by atoms with Gasteiger partial charge in [0, 0.05) is 22.7 Å². The van der Waals surface area contributed by atoms with Crippen molar-refractivity contribution < 1.29 is 4.39 Å². The Balaban J connectivity index is 2.10. The van der Waals surface area contributed by atoms with E-state index in [0.717, 1.165) is 11.3 Å². The standard InChI is InChI=1S/C16H14BFN2/c1-20(17)12-8-6-11(7-9-12)16-10-14(18)13-4-2-3-5-15(13)19-16/h2-10H,17H2,1H3. The average Bonchev–Trinajstić information content (AvgIpc) is 2.47. The molecule has 0 N–H and O–H groups in total. The quantitative estimate of drug-likeness (QED) is 0.661. The number of anilines is 1. The highest BCUT2D eigenvalue weighted by atomic mass is 19.1. The molecule has 4 heteroatoms. The van der Waals surface area contributed by atoms with Crippen molar-refractivity contribution in [1.29, 1.82) is 0 Å². The van der Waals surface area contributed by atoms with E-state index >= 15 is 0 Å². The van der Waals surface area contributed by atoms with E-state index in [9.17, 15) is 4.39 Å². The monoisotopic (exact) mass is 264 g/mol. The molecule has 0 saturated heterocycles. The number of nitrogens with zero attached hydrogens (tertiary/aromatic N) is 2. The molecule has 0 atom stereocenters. The lowest BCUT2D eigenvalue weighted by Crippen LogP contribution is -2.10. The van der Waals surface area contributed by atoms with E-state index in [-0.39, 0.29) is 5.82 Å². The van der Waals surface area contributed by atoms with Gasteiger partial charge in [0.05, 0.1) is 11.2 Å². The molecule has 1 heterocycles. The van der Waals surface area contributed by atoms with Crippen LogP contribution in [0.5, 0.6) is 0 Å². The first kappa shape index (κ1) is 12.7. The molecule has 0 spiro atoms. The summed E-state index contributed by atoms with van der Waals surface area (Å²) in [7, 11) is 3.98. The second-order valence-corrected chi connectivity index (χ2v) is 4.95. The maximum Gasteiger partial charge on any atom is 0.217 e. The molecule has 98 valence electrons. The fourth-order valence-corrected chi connectivity index (χ4v) is 2.21. The van der Waals surface area contributed by atoms with E-state index in [4.69, 9.17) is 0 Å². The highest BCUT2D eigenvalue weighted by Crippen LogP contribution is 2.25. The van der Waals surface area contributed by atoms with Crippen molar-refractivity contribution in [1.82, 2.24) is 4.98 Å². The molecule has 3 rings (SSSR count). The molecule has 1 aromatic heterocycles. The molecular formula is C16H14BFN2. The Morgan fingerprint density at radius 2 is 1.75 bits per heavy atom. The molecule has 0 aliphatic carbocycles. The molecule has 0 radical (unpaired) electrons. The van der Waals surface area contributed by atoms with Crippen molar-refractivity contribution in [2.24, 2.45) is 0 Å². The van der Waals surface area contributed by atoms with Crippen LogP contribution in [0.4, 0.5) is 10.1 Å². The highest BCUT2D eigenvalue weighted by Gasteiger charge is 2.07. The van der Waals surface area contributed by atoms with Gasteiger partial charge in [0.25, 0.3) is 0 Å². The van der Waals surface area contributed by atoms with Gasteiger partial charge in [-0.05, 0) is 31.3 Å². The Morgan fingerprint density at radius 1 is 1.05 bits per heavy atom. The van der Waals surface area contributed by atoms with Crippen LogP contribution < -0.4 is 4.81 Å². The molecular weight excluding hydrogens is 250 g/mol. The minimum absolute atomic E-state index is 0.234. The molecule has 3 aromatic rings. The zero-order valence-corrected chi connectivity index (χ0v) is 11.5. The van der Waals surface area contributed by atoms with Gasteiger partial charge in [0.1, 0.15) is 5.82 Å². The summed E-state index contributed by atoms with van der Waals surface area (Å²) < 4.78 is 14.1. The predicted octanol–water partition coefficient (Wildman–Crippen LogP) is 3.03. The van der Waals surface area contributed by atoms with Crippen molar-refractivity contribution in [2.75, 3.05) is 11.9 Å². The number of fused-ring (bicyclic) bond motifs is 1. The second kappa shape index (κ2) is 4.97. The molecule has 0 saturated carbocycles. The molecule has 0 unspecified atom stereocenters. The normalized spacial score (nSPS) is 10.7. The van der Waals surface area contributed by atoms with Crippen molar-refractivity contribution >= 4 is 24.6 Å². The van der Waals surface area contributed by atoms with E-state index in [1.54, 1.807) is 6.07 Å². The topological polar surface area (TPSA) is 16.1 Å². The van der Waals surface area contributed by atoms with Gasteiger partial charge < -0.3 is 4.81 Å². The number of para-hydroxylation sites is 1. The number of benzene rings is 2. The summed E-state index contributed by atoms with van der Waals surface area (Å²) in [4.78, 5) is 6.55. The maximum absolute atomic E-state index is 14.1. The van der Waals surface area contributed by atoms with Crippen LogP contribution in [0.3, 0.4) is 0 Å². The van der Waals surface area contributed by atoms with Crippen molar-refractivity contribution in [2.45, 2.75) is 0 Å². The first-order chi connectivity index (χ1) is 9.65. The lowest BCUT2D eigenvalue weighted by atomic mass is 10.1. The van der Waals surface area contributed by atoms with Gasteiger partial charge in [0.15, 0.2) is 0 Å². The molecule has 0 amide bonds. The number of hydrogen-bond acceptors (Lipinski definition) is 2. The summed E-state index contributed by atoms with van der Waals surface area (Å²) in [6, 6.07) is 16.7. The van der Waals surface area contributed by atoms with Crippen LogP contribution in [0, 0.1) is 5.82 Å². The third-order valence-corrected chi connectivity index (χ3v) is 3.35. The van der Waals surface area contributed by atoms with Crippen LogP contribution in [-0.2, 0) is 0 Å². The van der Waals surface area contributed by atoms with Gasteiger partial charge in [-0.1, -0.05) is 24.3 Å². The van der Waals surface area contributed by atoms with Crippen LogP contribution in [-0.4, -0.2) is 20.0 Å². The smallest absolute Gasteiger partial charge is 0.217 e. The predicted molar refractivity (Wildman–Crippen MR) is 84.1 cm³/mol. The van der Waals surface area contributed by atoms with Crippen LogP contribution in [0.1, 0.15) is 0 Å². The lowest BCUT2D eigenvalue weighted by Gasteiger charge is -2.13. The van der Waals surface area contributed by atoms with Crippen LogP contribution in [0.2, 0.25) is 0 Å². The van der Waals surface area contributed by atoms with Crippen LogP contribution >= 0.6 is 0 Å². The molecule has 0 fully saturated rings. The Hall–Kier alpha value is -2.36. The highest BCUT2D eigenvalue weighted by molar-refractivity contribution is 6.17. The maximum atomic E-state index is 14.1. The molecule has 2 aromatic carbocycles. The number of hydrogen-bond donors (Lipinski definition) is 0. The van der Waals surface area contributed by atoms with Crippen molar-refractivity contribution in [3.05, 3.63) is 60.4 Å². The Morgan fingerprint density at radius 3 is 2.45 bits per heavy atom. The van der Waals surface area contributed by atoms with Gasteiger partial charge in [-0.15, -0.1) is 0 Å². The summed E-state index contributed by atoms with van der Waals surface area (Å²) >= 11 is 0. The summed E-state index contributed by atoms with van der Waals surface area (Å²) in [5.41, 5.74) is 3.36. The third kappa shape index (κ3) is 2.25. The van der Waals surface area contributed by atoms with E-state index < -0.39 is 0 Å². The summed E-state index contributed by atoms with van der Waals surface area (Å²) in [6.07, 6.45) is 0. The summed E-state index contributed by atoms with van der Waals surface area (Å²) in [6.45, 7) is 0. The largest absolute Gasteiger partial charge is 0.424 e. The van der Waals surface area contributed by atoms with Gasteiger partial charge in [-0.3, -0.25) is 0 Å². The number of aromatic nitrogens is 1. The third-order valence-electron chi connectivity index (χ3n) is 3.35. The summed E-state index contributed by atoms with van der Waals surface area (Å²) in [5, 5.41) is 0.557. The average molecular weight is 264 g/mol. The fourth-order valence-electron chi connectivity index (χ4n) is 2.21. The molecule has 0 bridgehead atoms. The van der Waals surface area contributed by atoms with Gasteiger partial charge >= 0.3 is 0 Å². The van der Waals surface area contributed by atoms with Crippen LogP contribution in [0.25, 0.3) is 22.2 Å². The first-order valence-electron chi connectivity index (χ1n) is 6.48. The minimum atomic E-state index is -0.234. The van der Waals surface area contributed by atoms with E-state index in [1.807, 2.05) is 62.3 Å². The minimum Gasteiger partial charge on any atom is -0.424 e. The molecule has 20 heavy (non-hydrogen) atoms. The Kier molecular flexibility index (Phi) is 3.14. The second-order valence-electron chi connectivity index (χ2n) is 4.95. The SMILES string of the molecule is BN(C)c1ccc(-c2cc(F)c3ccccc3n2)cc1. The van der Waals surface area contributed by atoms with E-state index in [2.05, 4.69) is 4.98 Å². The van der Waals surface area contributed by atoms with Gasteiger partial charge in [-0.25, -0.2) is 9.37 Å². The van der Waals surface area contributed by atoms with Gasteiger partial charge in [0.2, 0.25) is 7.98 Å². The molecule has 2 nitrogen and oxygen atoms in total. The summed E-state index contributed by atoms with van der Waals surface area (Å²) in [5.74, 6) is -0.234. The van der Waals surface area contributed by atoms with Crippen molar-refractivity contribution in [3.63, 3.8) is 0 Å². The number of rotatable bonds is 2. The van der Waals surface area contributed by atoms with E-state index in [0.29, 0.717) is 16.6 Å². The first-order valence-corrected chi connectivity index (χ1v) is 6.48. The lowest BCUT2D eigenvalue weighted by molar-refractivity contribution is 0.639. The zero-order valence-electron chi connectivity index (χ0n) is 11.5. The van der Waals surface area contributed by atoms with Crippen molar-refractivity contribution in [3.8, 4) is 11.3 Å². The van der Waals surface area contributed by atoms with Gasteiger partial charge in [-0.2, -0.15) is 0 Å². The Bertz CT molecular complexity index is 754. The number of halogens is 1. The molecule has 0 aliphatic heterocycles.